The summed E-state index contributed by atoms with van der Waals surface area (Å²) in [5.74, 6) is -0.0322. The predicted octanol–water partition coefficient (Wildman–Crippen LogP) is 2.00. The van der Waals surface area contributed by atoms with E-state index in [1.54, 1.807) is 4.90 Å². The molecule has 29 heavy (non-hydrogen) atoms. The third-order valence-corrected chi connectivity index (χ3v) is 6.00. The Morgan fingerprint density at radius 1 is 1.21 bits per heavy atom. The van der Waals surface area contributed by atoms with Gasteiger partial charge in [0, 0.05) is 18.9 Å². The molecule has 1 aliphatic carbocycles. The molecule has 6 nitrogen and oxygen atoms in total. The third-order valence-electron chi connectivity index (χ3n) is 6.00. The molecule has 0 bridgehead atoms. The van der Waals surface area contributed by atoms with Gasteiger partial charge in [-0.05, 0) is 50.1 Å². The second kappa shape index (κ2) is 9.55. The molecule has 0 aromatic heterocycles. The van der Waals surface area contributed by atoms with E-state index in [9.17, 15) is 14.7 Å². The van der Waals surface area contributed by atoms with E-state index in [1.165, 1.54) is 17.6 Å². The van der Waals surface area contributed by atoms with E-state index in [1.807, 2.05) is 25.9 Å². The maximum atomic E-state index is 12.5. The predicted molar refractivity (Wildman–Crippen MR) is 114 cm³/mol. The van der Waals surface area contributed by atoms with E-state index in [0.717, 1.165) is 18.4 Å². The molecule has 1 aromatic carbocycles. The van der Waals surface area contributed by atoms with Crippen LogP contribution in [0.3, 0.4) is 0 Å². The molecular formula is C23H33N3O3. The number of aliphatic hydroxyl groups excluding tert-OH is 1. The highest BCUT2D eigenvalue weighted by molar-refractivity contribution is 5.80. The van der Waals surface area contributed by atoms with Crippen LogP contribution in [0, 0.1) is 0 Å². The number of likely N-dealkylation sites (N-methyl/N-ethyl adjacent to an activating group) is 1. The van der Waals surface area contributed by atoms with Crippen molar-refractivity contribution >= 4 is 17.4 Å². The number of rotatable bonds is 8. The van der Waals surface area contributed by atoms with Crippen LogP contribution in [0.2, 0.25) is 0 Å². The van der Waals surface area contributed by atoms with Crippen LogP contribution in [0.5, 0.6) is 0 Å². The number of hydrogen-bond acceptors (Lipinski definition) is 4. The lowest BCUT2D eigenvalue weighted by Crippen LogP contribution is -2.68. The number of amides is 2. The van der Waals surface area contributed by atoms with Gasteiger partial charge in [-0.2, -0.15) is 0 Å². The molecule has 1 heterocycles. The highest BCUT2D eigenvalue weighted by Gasteiger charge is 2.50. The molecule has 0 unspecified atom stereocenters. The fourth-order valence-corrected chi connectivity index (χ4v) is 4.58. The first-order valence-electron chi connectivity index (χ1n) is 10.6. The van der Waals surface area contributed by atoms with Gasteiger partial charge in [0.05, 0.1) is 25.2 Å². The van der Waals surface area contributed by atoms with Crippen molar-refractivity contribution in [2.24, 2.45) is 0 Å². The summed E-state index contributed by atoms with van der Waals surface area (Å²) in [5, 5.41) is 12.9. The minimum absolute atomic E-state index is 0.0138. The van der Waals surface area contributed by atoms with Gasteiger partial charge in [0.25, 0.3) is 0 Å². The van der Waals surface area contributed by atoms with Crippen molar-refractivity contribution in [3.8, 4) is 0 Å². The van der Waals surface area contributed by atoms with E-state index in [2.05, 4.69) is 35.7 Å². The standard InChI is InChI=1S/C23H33N3O3/c1-4-22(29)26-19(13-24-21(28)14-25(2)3)23(20(26)15-27)18-11-9-17(10-12-18)16-7-5-6-8-16/h7,9-12,19-20,23,27H,4-6,8,13-15H2,1-3H3,(H,24,28)/t19-,20+,23-/m0/s1. The molecule has 0 saturated carbocycles. The number of aliphatic hydroxyl groups is 1. The van der Waals surface area contributed by atoms with Crippen LogP contribution in [0.4, 0.5) is 0 Å². The summed E-state index contributed by atoms with van der Waals surface area (Å²) in [6, 6.07) is 8.14. The molecule has 3 atom stereocenters. The SMILES string of the molecule is CCC(=O)N1[C@H](CO)[C@@H](c2ccc(C3=CCCC3)cc2)[C@@H]1CNC(=O)CN(C)C. The van der Waals surface area contributed by atoms with Gasteiger partial charge in [-0.25, -0.2) is 0 Å². The third kappa shape index (κ3) is 4.70. The van der Waals surface area contributed by atoms with E-state index in [0.29, 0.717) is 19.5 Å². The second-order valence-corrected chi connectivity index (χ2v) is 8.28. The van der Waals surface area contributed by atoms with Crippen molar-refractivity contribution in [1.82, 2.24) is 15.1 Å². The number of nitrogens with one attached hydrogen (secondary N) is 1. The molecule has 1 saturated heterocycles. The highest BCUT2D eigenvalue weighted by atomic mass is 16.3. The number of carbonyl (C=O) groups is 2. The monoisotopic (exact) mass is 399 g/mol. The zero-order valence-corrected chi connectivity index (χ0v) is 17.7. The summed E-state index contributed by atoms with van der Waals surface area (Å²) in [4.78, 5) is 28.2. The van der Waals surface area contributed by atoms with Gasteiger partial charge >= 0.3 is 0 Å². The van der Waals surface area contributed by atoms with Gasteiger partial charge in [-0.1, -0.05) is 37.3 Å². The van der Waals surface area contributed by atoms with Crippen molar-refractivity contribution in [3.05, 3.63) is 41.5 Å². The highest BCUT2D eigenvalue weighted by Crippen LogP contribution is 2.41. The van der Waals surface area contributed by atoms with Crippen molar-refractivity contribution in [3.63, 3.8) is 0 Å². The van der Waals surface area contributed by atoms with Crippen LogP contribution in [-0.4, -0.2) is 72.6 Å². The molecule has 2 aliphatic rings. The van der Waals surface area contributed by atoms with Crippen molar-refractivity contribution in [2.45, 2.75) is 50.6 Å². The van der Waals surface area contributed by atoms with Crippen molar-refractivity contribution < 1.29 is 14.7 Å². The zero-order valence-electron chi connectivity index (χ0n) is 17.7. The Hall–Kier alpha value is -2.18. The summed E-state index contributed by atoms with van der Waals surface area (Å²) in [7, 11) is 3.70. The summed E-state index contributed by atoms with van der Waals surface area (Å²) < 4.78 is 0. The van der Waals surface area contributed by atoms with Gasteiger partial charge in [0.1, 0.15) is 0 Å². The van der Waals surface area contributed by atoms with Crippen molar-refractivity contribution in [1.29, 1.82) is 0 Å². The van der Waals surface area contributed by atoms with Crippen LogP contribution in [0.25, 0.3) is 5.57 Å². The molecule has 1 fully saturated rings. The molecule has 2 N–H and O–H groups in total. The zero-order chi connectivity index (χ0) is 21.0. The lowest BCUT2D eigenvalue weighted by atomic mass is 9.74. The fourth-order valence-electron chi connectivity index (χ4n) is 4.58. The van der Waals surface area contributed by atoms with Gasteiger partial charge in [-0.3, -0.25) is 9.59 Å². The number of allylic oxidation sites excluding steroid dienone is 2. The van der Waals surface area contributed by atoms with Gasteiger partial charge < -0.3 is 20.2 Å². The Bertz CT molecular complexity index is 757. The average molecular weight is 400 g/mol. The van der Waals surface area contributed by atoms with Crippen LogP contribution in [0.1, 0.15) is 49.7 Å². The summed E-state index contributed by atoms with van der Waals surface area (Å²) in [5.41, 5.74) is 3.76. The Labute approximate surface area is 173 Å². The van der Waals surface area contributed by atoms with E-state index < -0.39 is 0 Å². The minimum Gasteiger partial charge on any atom is -0.394 e. The quantitative estimate of drug-likeness (QED) is 0.701. The number of nitrogens with zero attached hydrogens (tertiary/aromatic N) is 2. The summed E-state index contributed by atoms with van der Waals surface area (Å²) in [6.07, 6.45) is 6.18. The summed E-state index contributed by atoms with van der Waals surface area (Å²) in [6.45, 7) is 2.46. The molecule has 2 amide bonds. The van der Waals surface area contributed by atoms with Crippen LogP contribution >= 0.6 is 0 Å². The Morgan fingerprint density at radius 2 is 1.93 bits per heavy atom. The maximum Gasteiger partial charge on any atom is 0.234 e. The van der Waals surface area contributed by atoms with Crippen LogP contribution in [0.15, 0.2) is 30.3 Å². The molecular weight excluding hydrogens is 366 g/mol. The normalized spacial score (nSPS) is 23.7. The number of benzene rings is 1. The fraction of sp³-hybridized carbons (Fsp3) is 0.565. The first-order chi connectivity index (χ1) is 14.0. The molecule has 3 rings (SSSR count). The molecule has 6 heteroatoms. The number of carbonyl (C=O) groups excluding carboxylic acids is 2. The van der Waals surface area contributed by atoms with Crippen LogP contribution < -0.4 is 5.32 Å². The average Bonchev–Trinajstić information content (AvgIpc) is 3.22. The molecule has 0 spiro atoms. The minimum atomic E-state index is -0.241. The molecule has 1 aromatic rings. The number of hydrogen-bond donors (Lipinski definition) is 2. The Kier molecular flexibility index (Phi) is 7.09. The Balaban J connectivity index is 1.77. The van der Waals surface area contributed by atoms with E-state index in [4.69, 9.17) is 0 Å². The first kappa shape index (κ1) is 21.5. The first-order valence-corrected chi connectivity index (χ1v) is 10.6. The van der Waals surface area contributed by atoms with Crippen molar-refractivity contribution in [2.75, 3.05) is 33.8 Å². The molecule has 158 valence electrons. The second-order valence-electron chi connectivity index (χ2n) is 8.28. The largest absolute Gasteiger partial charge is 0.394 e. The lowest BCUT2D eigenvalue weighted by Gasteiger charge is -2.55. The Morgan fingerprint density at radius 3 is 2.48 bits per heavy atom. The smallest absolute Gasteiger partial charge is 0.234 e. The van der Waals surface area contributed by atoms with Gasteiger partial charge in [0.2, 0.25) is 11.8 Å². The number of likely N-dealkylation sites (tertiary alicyclic amines) is 1. The van der Waals surface area contributed by atoms with Gasteiger partial charge in [-0.15, -0.1) is 0 Å². The lowest BCUT2D eigenvalue weighted by molar-refractivity contribution is -0.150. The maximum absolute atomic E-state index is 12.5. The molecule has 0 radical (unpaired) electrons. The van der Waals surface area contributed by atoms with Gasteiger partial charge in [0.15, 0.2) is 0 Å². The van der Waals surface area contributed by atoms with E-state index >= 15 is 0 Å². The topological polar surface area (TPSA) is 72.9 Å². The summed E-state index contributed by atoms with van der Waals surface area (Å²) >= 11 is 0. The van der Waals surface area contributed by atoms with Crippen LogP contribution in [-0.2, 0) is 9.59 Å². The molecule has 1 aliphatic heterocycles. The van der Waals surface area contributed by atoms with E-state index in [-0.39, 0.29) is 36.4 Å².